The Labute approximate surface area is 206 Å². The van der Waals surface area contributed by atoms with Gasteiger partial charge in [-0.2, -0.15) is 0 Å². The summed E-state index contributed by atoms with van der Waals surface area (Å²) in [6.07, 6.45) is 1.07. The Morgan fingerprint density at radius 2 is 2.00 bits per heavy atom. The molecule has 182 valence electrons. The number of benzene rings is 2. The number of nitrogens with one attached hydrogen (secondary N) is 2. The summed E-state index contributed by atoms with van der Waals surface area (Å²) in [5.41, 5.74) is 3.86. The summed E-state index contributed by atoms with van der Waals surface area (Å²) in [5, 5.41) is 6.22. The van der Waals surface area contributed by atoms with Crippen LogP contribution in [0.2, 0.25) is 0 Å². The third-order valence-corrected chi connectivity index (χ3v) is 8.13. The molecule has 4 aliphatic rings. The number of ether oxygens (including phenoxy) is 1. The minimum Gasteiger partial charge on any atom is -0.444 e. The van der Waals surface area contributed by atoms with Gasteiger partial charge in [-0.05, 0) is 49.2 Å². The van der Waals surface area contributed by atoms with E-state index in [2.05, 4.69) is 10.6 Å². The van der Waals surface area contributed by atoms with Gasteiger partial charge in [0, 0.05) is 41.6 Å². The van der Waals surface area contributed by atoms with Gasteiger partial charge >= 0.3 is 6.09 Å². The molecule has 2 aromatic carbocycles. The molecule has 35 heavy (non-hydrogen) atoms. The molecule has 1 fully saturated rings. The van der Waals surface area contributed by atoms with Crippen molar-refractivity contribution in [2.45, 2.75) is 36.2 Å². The zero-order valence-corrected chi connectivity index (χ0v) is 19.8. The van der Waals surface area contributed by atoms with Gasteiger partial charge in [0.25, 0.3) is 0 Å². The highest BCUT2D eigenvalue weighted by molar-refractivity contribution is 8.00. The van der Waals surface area contributed by atoms with E-state index in [1.165, 1.54) is 17.8 Å². The summed E-state index contributed by atoms with van der Waals surface area (Å²) < 4.78 is 20.2. The maximum Gasteiger partial charge on any atom is 0.414 e. The average molecular weight is 497 g/mol. The maximum atomic E-state index is 14.7. The lowest BCUT2D eigenvalue weighted by Gasteiger charge is -2.25. The standard InChI is InChI=1S/C25H25FN4O4S/c26-18-4-1-14-2-6-22(32)30-11-15(23(18)24(14)30)10-27-8-7-17-12-29(25(33)34-17)16-3-5-20-19(9-16)28-21(31)13-35-20/h1,3-5,9,15,17,27H,2,6-8,10-13H2,(H,28,31)/t15-,17+/m1/s1. The molecule has 10 heteroatoms. The van der Waals surface area contributed by atoms with E-state index in [9.17, 15) is 18.8 Å². The molecule has 0 unspecified atom stereocenters. The summed E-state index contributed by atoms with van der Waals surface area (Å²) in [7, 11) is 0. The normalized spacial score (nSPS) is 22.7. The number of hydrogen-bond acceptors (Lipinski definition) is 6. The van der Waals surface area contributed by atoms with Crippen LogP contribution in [0.4, 0.5) is 26.2 Å². The predicted molar refractivity (Wildman–Crippen MR) is 131 cm³/mol. The van der Waals surface area contributed by atoms with Crippen LogP contribution in [0.25, 0.3) is 0 Å². The second-order valence-electron chi connectivity index (χ2n) is 9.30. The molecule has 0 aromatic heterocycles. The lowest BCUT2D eigenvalue weighted by Crippen LogP contribution is -2.35. The fourth-order valence-corrected chi connectivity index (χ4v) is 6.16. The number of nitrogens with zero attached hydrogens (tertiary/aromatic N) is 2. The van der Waals surface area contributed by atoms with Gasteiger partial charge < -0.3 is 20.3 Å². The van der Waals surface area contributed by atoms with Crippen molar-refractivity contribution in [1.82, 2.24) is 5.32 Å². The van der Waals surface area contributed by atoms with Crippen molar-refractivity contribution in [2.24, 2.45) is 0 Å². The quantitative estimate of drug-likeness (QED) is 0.597. The molecule has 2 N–H and O–H groups in total. The lowest BCUT2D eigenvalue weighted by molar-refractivity contribution is -0.118. The molecule has 3 amide bonds. The first-order chi connectivity index (χ1) is 17.0. The van der Waals surface area contributed by atoms with Crippen molar-refractivity contribution in [3.63, 3.8) is 0 Å². The molecule has 1 saturated heterocycles. The number of cyclic esters (lactones) is 1. The number of rotatable bonds is 6. The summed E-state index contributed by atoms with van der Waals surface area (Å²) in [5.74, 6) is 0.0423. The summed E-state index contributed by atoms with van der Waals surface area (Å²) in [4.78, 5) is 40.8. The number of carbonyl (C=O) groups is 3. The van der Waals surface area contributed by atoms with Gasteiger partial charge in [0.15, 0.2) is 0 Å². The van der Waals surface area contributed by atoms with Crippen molar-refractivity contribution in [2.75, 3.05) is 47.0 Å². The molecule has 4 heterocycles. The predicted octanol–water partition coefficient (Wildman–Crippen LogP) is 3.25. The Morgan fingerprint density at radius 3 is 2.89 bits per heavy atom. The van der Waals surface area contributed by atoms with Crippen molar-refractivity contribution in [3.8, 4) is 0 Å². The molecule has 0 saturated carbocycles. The number of halogens is 1. The van der Waals surface area contributed by atoms with Crippen LogP contribution in [0.15, 0.2) is 35.2 Å². The van der Waals surface area contributed by atoms with Crippen LogP contribution < -0.4 is 20.4 Å². The van der Waals surface area contributed by atoms with E-state index in [1.54, 1.807) is 21.9 Å². The van der Waals surface area contributed by atoms with Gasteiger partial charge in [0.2, 0.25) is 11.8 Å². The third-order valence-electron chi connectivity index (χ3n) is 7.05. The Kier molecular flexibility index (Phi) is 5.64. The number of thioether (sulfide) groups is 1. The summed E-state index contributed by atoms with van der Waals surface area (Å²) in [6.45, 7) is 2.06. The Balaban J connectivity index is 1.05. The SMILES string of the molecule is O=C1CSc2ccc(N3C[C@H](CCNC[C@@H]4CN5C(=O)CCc6ccc(F)c4c65)OC3=O)cc2N1. The first-order valence-corrected chi connectivity index (χ1v) is 12.8. The molecule has 0 radical (unpaired) electrons. The fraction of sp³-hybridized carbons (Fsp3) is 0.400. The van der Waals surface area contributed by atoms with E-state index >= 15 is 0 Å². The topological polar surface area (TPSA) is 91.0 Å². The Hall–Kier alpha value is -3.11. The highest BCUT2D eigenvalue weighted by atomic mass is 32.2. The van der Waals surface area contributed by atoms with Crippen LogP contribution in [0, 0.1) is 5.82 Å². The van der Waals surface area contributed by atoms with Crippen LogP contribution in [0.3, 0.4) is 0 Å². The fourth-order valence-electron chi connectivity index (χ4n) is 5.37. The van der Waals surface area contributed by atoms with Crippen LogP contribution in [-0.4, -0.2) is 55.9 Å². The van der Waals surface area contributed by atoms with Gasteiger partial charge in [-0.25, -0.2) is 9.18 Å². The number of hydrogen-bond donors (Lipinski definition) is 2. The first-order valence-electron chi connectivity index (χ1n) is 11.8. The smallest absolute Gasteiger partial charge is 0.414 e. The van der Waals surface area contributed by atoms with E-state index in [4.69, 9.17) is 4.74 Å². The second-order valence-corrected chi connectivity index (χ2v) is 10.3. The molecular weight excluding hydrogens is 471 g/mol. The van der Waals surface area contributed by atoms with Crippen molar-refractivity contribution in [3.05, 3.63) is 47.3 Å². The number of carbonyl (C=O) groups excluding carboxylic acids is 3. The van der Waals surface area contributed by atoms with E-state index in [0.29, 0.717) is 68.1 Å². The zero-order chi connectivity index (χ0) is 24.1. The highest BCUT2D eigenvalue weighted by Crippen LogP contribution is 2.43. The molecule has 8 nitrogen and oxygen atoms in total. The van der Waals surface area contributed by atoms with Crippen molar-refractivity contribution < 1.29 is 23.5 Å². The number of aryl methyl sites for hydroxylation is 1. The van der Waals surface area contributed by atoms with Gasteiger partial charge in [-0.3, -0.25) is 14.5 Å². The van der Waals surface area contributed by atoms with Crippen LogP contribution in [-0.2, 0) is 20.7 Å². The van der Waals surface area contributed by atoms with Gasteiger partial charge in [0.05, 0.1) is 23.7 Å². The minimum atomic E-state index is -0.406. The number of fused-ring (bicyclic) bond motifs is 1. The molecule has 4 aliphatic heterocycles. The van der Waals surface area contributed by atoms with Crippen LogP contribution >= 0.6 is 11.8 Å². The van der Waals surface area contributed by atoms with Crippen LogP contribution in [0.1, 0.15) is 29.9 Å². The third kappa shape index (κ3) is 4.04. The van der Waals surface area contributed by atoms with Gasteiger partial charge in [-0.15, -0.1) is 11.8 Å². The first kappa shape index (κ1) is 22.4. The summed E-state index contributed by atoms with van der Waals surface area (Å²) >= 11 is 1.48. The molecular formula is C25H25FN4O4S. The van der Waals surface area contributed by atoms with E-state index in [0.717, 1.165) is 16.1 Å². The van der Waals surface area contributed by atoms with Crippen molar-refractivity contribution in [1.29, 1.82) is 0 Å². The monoisotopic (exact) mass is 496 g/mol. The maximum absolute atomic E-state index is 14.7. The van der Waals surface area contributed by atoms with Gasteiger partial charge in [-0.1, -0.05) is 6.07 Å². The van der Waals surface area contributed by atoms with Gasteiger partial charge in [0.1, 0.15) is 11.9 Å². The molecule has 2 aromatic rings. The van der Waals surface area contributed by atoms with E-state index in [-0.39, 0.29) is 29.7 Å². The molecule has 6 rings (SSSR count). The van der Waals surface area contributed by atoms with Crippen molar-refractivity contribution >= 4 is 46.7 Å². The minimum absolute atomic E-state index is 0.0531. The molecule has 0 bridgehead atoms. The largest absolute Gasteiger partial charge is 0.444 e. The Bertz CT molecular complexity index is 1240. The number of anilines is 3. The highest BCUT2D eigenvalue weighted by Gasteiger charge is 2.39. The zero-order valence-electron chi connectivity index (χ0n) is 19.0. The molecule has 0 aliphatic carbocycles. The summed E-state index contributed by atoms with van der Waals surface area (Å²) in [6, 6.07) is 8.88. The molecule has 2 atom stereocenters. The molecule has 0 spiro atoms. The van der Waals surface area contributed by atoms with E-state index < -0.39 is 6.09 Å². The van der Waals surface area contributed by atoms with E-state index in [1.807, 2.05) is 12.1 Å². The average Bonchev–Trinajstić information content (AvgIpc) is 3.42. The second kappa shape index (κ2) is 8.83. The lowest BCUT2D eigenvalue weighted by atomic mass is 9.95. The number of amides is 3. The Morgan fingerprint density at radius 1 is 1.11 bits per heavy atom. The van der Waals surface area contributed by atoms with Crippen LogP contribution in [0.5, 0.6) is 0 Å².